The Kier molecular flexibility index (Phi) is 7.17. The number of nitrogens with zero attached hydrogens (tertiary/aromatic N) is 3. The fourth-order valence-corrected chi connectivity index (χ4v) is 4.88. The van der Waals surface area contributed by atoms with Gasteiger partial charge in [0.25, 0.3) is 0 Å². The summed E-state index contributed by atoms with van der Waals surface area (Å²) >= 11 is 3.32. The quantitative estimate of drug-likeness (QED) is 0.468. The number of aryl methyl sites for hydroxylation is 2. The number of anilines is 1. The minimum atomic E-state index is -0.566. The molecule has 3 rings (SSSR count). The highest BCUT2D eigenvalue weighted by Crippen LogP contribution is 2.37. The number of hydrogen-bond acceptors (Lipinski definition) is 6. The molecule has 7 heteroatoms. The maximum Gasteiger partial charge on any atom is 0.415 e. The second-order valence-corrected chi connectivity index (χ2v) is 9.59. The first-order valence-corrected chi connectivity index (χ1v) is 10.8. The van der Waals surface area contributed by atoms with Crippen molar-refractivity contribution in [3.8, 4) is 0 Å². The molecule has 28 heavy (non-hydrogen) atoms. The minimum absolute atomic E-state index is 0. The monoisotopic (exact) mass is 419 g/mol. The van der Waals surface area contributed by atoms with Crippen LogP contribution in [-0.2, 0) is 17.7 Å². The fourth-order valence-electron chi connectivity index (χ4n) is 2.83. The van der Waals surface area contributed by atoms with Crippen LogP contribution in [0.1, 0.15) is 56.9 Å². The van der Waals surface area contributed by atoms with E-state index in [1.54, 1.807) is 33.8 Å². The maximum atomic E-state index is 13.0. The molecule has 0 aliphatic rings. The summed E-state index contributed by atoms with van der Waals surface area (Å²) in [5.74, 6) is 0. The highest BCUT2D eigenvalue weighted by atomic mass is 32.1. The number of ether oxygens (including phenoxy) is 1. The van der Waals surface area contributed by atoms with Crippen molar-refractivity contribution >= 4 is 44.7 Å². The van der Waals surface area contributed by atoms with Gasteiger partial charge < -0.3 is 4.74 Å². The summed E-state index contributed by atoms with van der Waals surface area (Å²) in [6.45, 7) is 10.3. The summed E-state index contributed by atoms with van der Waals surface area (Å²) in [5.41, 5.74) is 2.23. The van der Waals surface area contributed by atoms with E-state index in [2.05, 4.69) is 24.0 Å². The molecule has 1 amide bonds. The predicted molar refractivity (Wildman–Crippen MR) is 120 cm³/mol. The van der Waals surface area contributed by atoms with Crippen LogP contribution in [0, 0.1) is 6.92 Å². The Morgan fingerprint density at radius 2 is 2.07 bits per heavy atom. The second kappa shape index (κ2) is 9.01. The van der Waals surface area contributed by atoms with Gasteiger partial charge in [-0.2, -0.15) is 5.10 Å². The molecule has 0 fully saturated rings. The number of fused-ring (bicyclic) bond motifs is 1. The molecular formula is C21H29N3O2S2. The lowest BCUT2D eigenvalue weighted by Crippen LogP contribution is -2.36. The van der Waals surface area contributed by atoms with Gasteiger partial charge in [0, 0.05) is 9.75 Å². The molecule has 0 bridgehead atoms. The first-order valence-electron chi connectivity index (χ1n) is 9.06. The predicted octanol–water partition coefficient (Wildman–Crippen LogP) is 6.59. The second-order valence-electron chi connectivity index (χ2n) is 7.45. The Labute approximate surface area is 175 Å². The van der Waals surface area contributed by atoms with Gasteiger partial charge in [-0.25, -0.2) is 4.79 Å². The first kappa shape index (κ1) is 22.3. The lowest BCUT2D eigenvalue weighted by molar-refractivity contribution is 0.0578. The Hall–Kier alpha value is -1.99. The van der Waals surface area contributed by atoms with Crippen molar-refractivity contribution in [2.24, 2.45) is 0 Å². The average molecular weight is 420 g/mol. The van der Waals surface area contributed by atoms with Crippen molar-refractivity contribution in [3.63, 3.8) is 0 Å². The Balaban J connectivity index is 0.00000280. The molecule has 0 aromatic carbocycles. The summed E-state index contributed by atoms with van der Waals surface area (Å²) in [7, 11) is 0. The number of rotatable bonds is 5. The summed E-state index contributed by atoms with van der Waals surface area (Å²) in [5, 5.41) is 10.5. The van der Waals surface area contributed by atoms with Crippen LogP contribution in [0.15, 0.2) is 23.7 Å². The van der Waals surface area contributed by atoms with Gasteiger partial charge in [0.2, 0.25) is 0 Å². The van der Waals surface area contributed by atoms with E-state index in [4.69, 9.17) is 4.74 Å². The lowest BCUT2D eigenvalue weighted by atomic mass is 10.2. The van der Waals surface area contributed by atoms with E-state index in [0.717, 1.165) is 39.2 Å². The van der Waals surface area contributed by atoms with Crippen LogP contribution in [0.4, 0.5) is 10.5 Å². The van der Waals surface area contributed by atoms with Crippen molar-refractivity contribution in [3.05, 3.63) is 39.0 Å². The van der Waals surface area contributed by atoms with Gasteiger partial charge in [0.15, 0.2) is 0 Å². The zero-order valence-corrected chi connectivity index (χ0v) is 18.0. The molecule has 0 aliphatic carbocycles. The normalized spacial score (nSPS) is 11.3. The van der Waals surface area contributed by atoms with Gasteiger partial charge in [-0.1, -0.05) is 26.8 Å². The molecule has 3 aromatic heterocycles. The summed E-state index contributed by atoms with van der Waals surface area (Å²) < 4.78 is 6.68. The standard InChI is InChI=1S/C20H25N3O2S2.CH4/c1-6-8-16-13(2)17-18(27-16)15(11-21-22-17)23(12-14-9-7-10-26-14)19(24)25-20(3,4)5;/h7,9-11H,6,8,12H2,1-5H3;1H4. The van der Waals surface area contributed by atoms with E-state index >= 15 is 0 Å². The minimum Gasteiger partial charge on any atom is -0.443 e. The Morgan fingerprint density at radius 3 is 2.68 bits per heavy atom. The number of carbonyl (C=O) groups is 1. The van der Waals surface area contributed by atoms with Gasteiger partial charge in [-0.05, 0) is 51.1 Å². The zero-order valence-electron chi connectivity index (χ0n) is 16.4. The van der Waals surface area contributed by atoms with Crippen LogP contribution in [0.5, 0.6) is 0 Å². The van der Waals surface area contributed by atoms with Gasteiger partial charge in [-0.15, -0.1) is 27.8 Å². The van der Waals surface area contributed by atoms with E-state index in [0.29, 0.717) is 6.54 Å². The van der Waals surface area contributed by atoms with E-state index < -0.39 is 5.60 Å². The van der Waals surface area contributed by atoms with E-state index in [1.165, 1.54) is 4.88 Å². The number of amides is 1. The van der Waals surface area contributed by atoms with Crippen molar-refractivity contribution < 1.29 is 9.53 Å². The van der Waals surface area contributed by atoms with E-state index in [-0.39, 0.29) is 13.5 Å². The topological polar surface area (TPSA) is 55.3 Å². The molecule has 0 spiro atoms. The molecule has 0 saturated carbocycles. The van der Waals surface area contributed by atoms with Crippen LogP contribution >= 0.6 is 22.7 Å². The van der Waals surface area contributed by atoms with Gasteiger partial charge in [0.1, 0.15) is 11.1 Å². The van der Waals surface area contributed by atoms with Crippen LogP contribution in [0.25, 0.3) is 10.2 Å². The highest BCUT2D eigenvalue weighted by Gasteiger charge is 2.27. The molecule has 0 unspecified atom stereocenters. The molecule has 0 saturated heterocycles. The smallest absolute Gasteiger partial charge is 0.415 e. The molecule has 3 aromatic rings. The maximum absolute atomic E-state index is 13.0. The molecule has 0 atom stereocenters. The lowest BCUT2D eigenvalue weighted by Gasteiger charge is -2.27. The average Bonchev–Trinajstić information content (AvgIpc) is 3.20. The van der Waals surface area contributed by atoms with Gasteiger partial charge >= 0.3 is 6.09 Å². The summed E-state index contributed by atoms with van der Waals surface area (Å²) in [6, 6.07) is 4.01. The third kappa shape index (κ3) is 4.89. The molecule has 0 aliphatic heterocycles. The number of thiophene rings is 2. The third-order valence-corrected chi connectivity index (χ3v) is 6.28. The van der Waals surface area contributed by atoms with Crippen molar-refractivity contribution in [1.29, 1.82) is 0 Å². The van der Waals surface area contributed by atoms with Crippen LogP contribution in [0.3, 0.4) is 0 Å². The fraction of sp³-hybridized carbons (Fsp3) is 0.476. The molecular weight excluding hydrogens is 390 g/mol. The van der Waals surface area contributed by atoms with E-state index in [9.17, 15) is 4.79 Å². The van der Waals surface area contributed by atoms with Crippen molar-refractivity contribution in [2.45, 2.75) is 67.0 Å². The number of aromatic nitrogens is 2. The summed E-state index contributed by atoms with van der Waals surface area (Å²) in [6.07, 6.45) is 3.38. The van der Waals surface area contributed by atoms with Gasteiger partial charge in [-0.3, -0.25) is 4.90 Å². The zero-order chi connectivity index (χ0) is 19.6. The highest BCUT2D eigenvalue weighted by molar-refractivity contribution is 7.19. The Bertz CT molecular complexity index is 927. The van der Waals surface area contributed by atoms with Crippen LogP contribution in [0.2, 0.25) is 0 Å². The third-order valence-electron chi connectivity index (χ3n) is 4.06. The largest absolute Gasteiger partial charge is 0.443 e. The summed E-state index contributed by atoms with van der Waals surface area (Å²) in [4.78, 5) is 17.1. The Morgan fingerprint density at radius 1 is 1.32 bits per heavy atom. The number of hydrogen-bond donors (Lipinski definition) is 0. The van der Waals surface area contributed by atoms with Gasteiger partial charge in [0.05, 0.1) is 23.1 Å². The number of carbonyl (C=O) groups excluding carboxylic acids is 1. The molecule has 3 heterocycles. The molecule has 0 N–H and O–H groups in total. The molecule has 5 nitrogen and oxygen atoms in total. The van der Waals surface area contributed by atoms with E-state index in [1.807, 2.05) is 38.3 Å². The van der Waals surface area contributed by atoms with Crippen LogP contribution < -0.4 is 4.90 Å². The first-order chi connectivity index (χ1) is 12.8. The van der Waals surface area contributed by atoms with Crippen molar-refractivity contribution in [1.82, 2.24) is 10.2 Å². The molecule has 0 radical (unpaired) electrons. The van der Waals surface area contributed by atoms with Crippen molar-refractivity contribution in [2.75, 3.05) is 4.90 Å². The molecule has 152 valence electrons. The SMILES string of the molecule is C.CCCc1sc2c(N(Cc3cccs3)C(=O)OC(C)(C)C)cnnc2c1C. The van der Waals surface area contributed by atoms with Crippen LogP contribution in [-0.4, -0.2) is 21.9 Å².